The Morgan fingerprint density at radius 1 is 1.41 bits per heavy atom. The van der Waals surface area contributed by atoms with Crippen molar-refractivity contribution in [2.75, 3.05) is 6.54 Å². The predicted molar refractivity (Wildman–Crippen MR) is 70.1 cm³/mol. The van der Waals surface area contributed by atoms with Gasteiger partial charge in [0.1, 0.15) is 5.82 Å². The van der Waals surface area contributed by atoms with Crippen molar-refractivity contribution in [3.63, 3.8) is 0 Å². The molecular formula is C12H18N4S. The first kappa shape index (κ1) is 12.3. The molecule has 2 aromatic rings. The van der Waals surface area contributed by atoms with Gasteiger partial charge in [-0.2, -0.15) is 0 Å². The second kappa shape index (κ2) is 5.93. The van der Waals surface area contributed by atoms with Crippen molar-refractivity contribution < 1.29 is 0 Å². The van der Waals surface area contributed by atoms with Crippen LogP contribution in [0.3, 0.4) is 0 Å². The minimum Gasteiger partial charge on any atom is -0.337 e. The Bertz CT molecular complexity index is 435. The fourth-order valence-corrected chi connectivity index (χ4v) is 2.48. The quantitative estimate of drug-likeness (QED) is 0.854. The van der Waals surface area contributed by atoms with Gasteiger partial charge in [-0.1, -0.05) is 6.92 Å². The summed E-state index contributed by atoms with van der Waals surface area (Å²) in [6, 6.07) is 0.251. The molecular weight excluding hydrogens is 232 g/mol. The van der Waals surface area contributed by atoms with Gasteiger partial charge < -0.3 is 9.88 Å². The summed E-state index contributed by atoms with van der Waals surface area (Å²) in [5.74, 6) is 1.08. The smallest absolute Gasteiger partial charge is 0.126 e. The van der Waals surface area contributed by atoms with Gasteiger partial charge in [0.15, 0.2) is 0 Å². The largest absolute Gasteiger partial charge is 0.337 e. The van der Waals surface area contributed by atoms with E-state index in [9.17, 15) is 0 Å². The van der Waals surface area contributed by atoms with Crippen molar-refractivity contribution in [1.82, 2.24) is 19.9 Å². The van der Waals surface area contributed by atoms with Gasteiger partial charge in [0.25, 0.3) is 0 Å². The lowest BCUT2D eigenvalue weighted by Crippen LogP contribution is -2.26. The summed E-state index contributed by atoms with van der Waals surface area (Å²) in [6.07, 6.45) is 7.71. The highest BCUT2D eigenvalue weighted by Gasteiger charge is 2.16. The van der Waals surface area contributed by atoms with Gasteiger partial charge in [-0.15, -0.1) is 11.3 Å². The maximum Gasteiger partial charge on any atom is 0.126 e. The lowest BCUT2D eigenvalue weighted by molar-refractivity contribution is 0.491. The summed E-state index contributed by atoms with van der Waals surface area (Å²) in [4.78, 5) is 8.77. The number of thiazole rings is 1. The first-order chi connectivity index (χ1) is 8.31. The standard InChI is InChI=1S/C12H18N4S/c1-3-4-13-10(9-11-14-6-8-17-11)12-15-5-7-16(12)2/h5-8,10,13H,3-4,9H2,1-2H3. The number of hydrogen-bond donors (Lipinski definition) is 1. The third kappa shape index (κ3) is 3.14. The van der Waals surface area contributed by atoms with Crippen LogP contribution in [-0.2, 0) is 13.5 Å². The molecule has 2 heterocycles. The van der Waals surface area contributed by atoms with Gasteiger partial charge in [-0.25, -0.2) is 9.97 Å². The fraction of sp³-hybridized carbons (Fsp3) is 0.500. The van der Waals surface area contributed by atoms with Gasteiger partial charge in [0, 0.05) is 37.4 Å². The Morgan fingerprint density at radius 2 is 2.29 bits per heavy atom. The molecule has 0 fully saturated rings. The molecule has 0 amide bonds. The molecule has 0 bridgehead atoms. The number of aromatic nitrogens is 3. The van der Waals surface area contributed by atoms with E-state index in [0.29, 0.717) is 0 Å². The maximum atomic E-state index is 4.43. The number of nitrogens with zero attached hydrogens (tertiary/aromatic N) is 3. The van der Waals surface area contributed by atoms with Crippen LogP contribution in [0.5, 0.6) is 0 Å². The van der Waals surface area contributed by atoms with Crippen LogP contribution in [-0.4, -0.2) is 21.1 Å². The van der Waals surface area contributed by atoms with Crippen molar-refractivity contribution in [2.45, 2.75) is 25.8 Å². The molecule has 1 N–H and O–H groups in total. The highest BCUT2D eigenvalue weighted by Crippen LogP contribution is 2.18. The van der Waals surface area contributed by atoms with E-state index in [0.717, 1.165) is 30.2 Å². The molecule has 0 radical (unpaired) electrons. The first-order valence-corrected chi connectivity index (χ1v) is 6.78. The third-order valence-electron chi connectivity index (χ3n) is 2.67. The molecule has 2 aromatic heterocycles. The highest BCUT2D eigenvalue weighted by molar-refractivity contribution is 7.09. The van der Waals surface area contributed by atoms with Crippen LogP contribution in [0.4, 0.5) is 0 Å². The summed E-state index contributed by atoms with van der Waals surface area (Å²) < 4.78 is 2.07. The second-order valence-electron chi connectivity index (χ2n) is 4.03. The van der Waals surface area contributed by atoms with Crippen molar-refractivity contribution in [1.29, 1.82) is 0 Å². The van der Waals surface area contributed by atoms with Crippen LogP contribution < -0.4 is 5.32 Å². The van der Waals surface area contributed by atoms with Crippen molar-refractivity contribution >= 4 is 11.3 Å². The van der Waals surface area contributed by atoms with Crippen LogP contribution in [0, 0.1) is 0 Å². The molecule has 0 aliphatic carbocycles. The lowest BCUT2D eigenvalue weighted by Gasteiger charge is -2.17. The number of aryl methyl sites for hydroxylation is 1. The second-order valence-corrected chi connectivity index (χ2v) is 5.01. The molecule has 0 aliphatic rings. The van der Waals surface area contributed by atoms with Gasteiger partial charge >= 0.3 is 0 Å². The van der Waals surface area contributed by atoms with E-state index in [1.807, 2.05) is 31.0 Å². The van der Waals surface area contributed by atoms with Crippen LogP contribution >= 0.6 is 11.3 Å². The van der Waals surface area contributed by atoms with Crippen LogP contribution in [0.1, 0.15) is 30.2 Å². The number of hydrogen-bond acceptors (Lipinski definition) is 4. The predicted octanol–water partition coefficient (Wildman–Crippen LogP) is 2.16. The zero-order valence-electron chi connectivity index (χ0n) is 10.3. The molecule has 1 atom stereocenters. The molecule has 0 aromatic carbocycles. The lowest BCUT2D eigenvalue weighted by atomic mass is 10.2. The Balaban J connectivity index is 2.11. The number of nitrogens with one attached hydrogen (secondary N) is 1. The van der Waals surface area contributed by atoms with E-state index in [-0.39, 0.29) is 6.04 Å². The molecule has 2 rings (SSSR count). The summed E-state index contributed by atoms with van der Waals surface area (Å²) in [7, 11) is 2.03. The summed E-state index contributed by atoms with van der Waals surface area (Å²) in [5, 5.41) is 6.71. The summed E-state index contributed by atoms with van der Waals surface area (Å²) in [6.45, 7) is 3.18. The summed E-state index contributed by atoms with van der Waals surface area (Å²) >= 11 is 1.70. The average Bonchev–Trinajstić information content (AvgIpc) is 2.95. The van der Waals surface area contributed by atoms with E-state index < -0.39 is 0 Å². The van der Waals surface area contributed by atoms with Gasteiger partial charge in [0.05, 0.1) is 11.0 Å². The maximum absolute atomic E-state index is 4.43. The Hall–Kier alpha value is -1.20. The van der Waals surface area contributed by atoms with E-state index in [1.165, 1.54) is 0 Å². The number of rotatable bonds is 6. The normalized spacial score (nSPS) is 12.8. The molecule has 0 saturated heterocycles. The van der Waals surface area contributed by atoms with Crippen molar-refractivity contribution in [3.05, 3.63) is 34.8 Å². The molecule has 0 saturated carbocycles. The Kier molecular flexibility index (Phi) is 4.28. The highest BCUT2D eigenvalue weighted by atomic mass is 32.1. The summed E-state index contributed by atoms with van der Waals surface area (Å²) in [5.41, 5.74) is 0. The van der Waals surface area contributed by atoms with E-state index in [1.54, 1.807) is 11.3 Å². The van der Waals surface area contributed by atoms with Crippen molar-refractivity contribution in [2.24, 2.45) is 7.05 Å². The fourth-order valence-electron chi connectivity index (χ4n) is 1.81. The zero-order valence-corrected chi connectivity index (χ0v) is 11.1. The van der Waals surface area contributed by atoms with Gasteiger partial charge in [0.2, 0.25) is 0 Å². The minimum absolute atomic E-state index is 0.251. The third-order valence-corrected chi connectivity index (χ3v) is 3.48. The first-order valence-electron chi connectivity index (χ1n) is 5.90. The molecule has 1 unspecified atom stereocenters. The van der Waals surface area contributed by atoms with Crippen molar-refractivity contribution in [3.8, 4) is 0 Å². The van der Waals surface area contributed by atoms with E-state index >= 15 is 0 Å². The van der Waals surface area contributed by atoms with Gasteiger partial charge in [-0.3, -0.25) is 0 Å². The topological polar surface area (TPSA) is 42.7 Å². The molecule has 0 aliphatic heterocycles. The minimum atomic E-state index is 0.251. The Morgan fingerprint density at radius 3 is 2.88 bits per heavy atom. The van der Waals surface area contributed by atoms with Crippen LogP contribution in [0.2, 0.25) is 0 Å². The average molecular weight is 250 g/mol. The number of imidazole rings is 1. The SMILES string of the molecule is CCCNC(Cc1nccs1)c1nccn1C. The zero-order chi connectivity index (χ0) is 12.1. The van der Waals surface area contributed by atoms with E-state index in [4.69, 9.17) is 0 Å². The van der Waals surface area contributed by atoms with Crippen LogP contribution in [0.15, 0.2) is 24.0 Å². The molecule has 4 nitrogen and oxygen atoms in total. The molecule has 92 valence electrons. The van der Waals surface area contributed by atoms with E-state index in [2.05, 4.69) is 26.8 Å². The Labute approximate surface area is 106 Å². The van der Waals surface area contributed by atoms with Gasteiger partial charge in [-0.05, 0) is 13.0 Å². The van der Waals surface area contributed by atoms with Crippen LogP contribution in [0.25, 0.3) is 0 Å². The monoisotopic (exact) mass is 250 g/mol. The molecule has 0 spiro atoms. The molecule has 5 heteroatoms. The molecule has 17 heavy (non-hydrogen) atoms.